The molecule has 2 N–H and O–H groups in total. The maximum Gasteiger partial charge on any atom is 0.404 e. The summed E-state index contributed by atoms with van der Waals surface area (Å²) in [6.45, 7) is 0.978. The number of nitrogens with zero attached hydrogens (tertiary/aromatic N) is 1. The van der Waals surface area contributed by atoms with Gasteiger partial charge in [0, 0.05) is 5.92 Å². The number of nitrogens with two attached hydrogens (primary N) is 1. The average Bonchev–Trinajstić information content (AvgIpc) is 2.83. The van der Waals surface area contributed by atoms with E-state index < -0.39 is 6.09 Å². The number of carbonyl (C=O) groups excluding carboxylic acids is 1. The highest BCUT2D eigenvalue weighted by molar-refractivity contribution is 9.11. The van der Waals surface area contributed by atoms with Gasteiger partial charge < -0.3 is 15.2 Å². The molecule has 7 heteroatoms. The first kappa shape index (κ1) is 15.7. The van der Waals surface area contributed by atoms with Crippen molar-refractivity contribution in [1.82, 2.24) is 4.98 Å². The van der Waals surface area contributed by atoms with Gasteiger partial charge in [0.25, 0.3) is 0 Å². The second-order valence-corrected chi connectivity index (χ2v) is 7.38. The zero-order valence-electron chi connectivity index (χ0n) is 11.2. The van der Waals surface area contributed by atoms with Crippen LogP contribution in [0.1, 0.15) is 43.0 Å². The Balaban J connectivity index is 0.000000160. The van der Waals surface area contributed by atoms with Crippen molar-refractivity contribution in [2.24, 2.45) is 5.73 Å². The van der Waals surface area contributed by atoms with Crippen molar-refractivity contribution in [3.63, 3.8) is 0 Å². The van der Waals surface area contributed by atoms with Crippen LogP contribution in [-0.2, 0) is 9.47 Å². The Morgan fingerprint density at radius 2 is 2.10 bits per heavy atom. The largest absolute Gasteiger partial charge is 0.441 e. The SMILES string of the molecule is Brc1cnc(C2CCCCC2)s1.NC(=O)OC1COC1. The fourth-order valence-corrected chi connectivity index (χ4v) is 3.66. The number of halogens is 1. The highest BCUT2D eigenvalue weighted by Gasteiger charge is 2.21. The van der Waals surface area contributed by atoms with Gasteiger partial charge in [-0.15, -0.1) is 11.3 Å². The molecule has 2 aliphatic rings. The van der Waals surface area contributed by atoms with Gasteiger partial charge in [-0.25, -0.2) is 9.78 Å². The lowest BCUT2D eigenvalue weighted by Crippen LogP contribution is -2.39. The first-order valence-electron chi connectivity index (χ1n) is 6.80. The van der Waals surface area contributed by atoms with Gasteiger partial charge in [0.15, 0.2) is 6.10 Å². The molecule has 0 bridgehead atoms. The Kier molecular flexibility index (Phi) is 6.25. The molecule has 0 spiro atoms. The van der Waals surface area contributed by atoms with Gasteiger partial charge in [0.2, 0.25) is 0 Å². The van der Waals surface area contributed by atoms with Crippen molar-refractivity contribution < 1.29 is 14.3 Å². The van der Waals surface area contributed by atoms with Gasteiger partial charge in [-0.1, -0.05) is 19.3 Å². The van der Waals surface area contributed by atoms with E-state index in [4.69, 9.17) is 4.74 Å². The van der Waals surface area contributed by atoms with Crippen LogP contribution < -0.4 is 5.73 Å². The first-order chi connectivity index (χ1) is 9.65. The van der Waals surface area contributed by atoms with Crippen molar-refractivity contribution >= 4 is 33.4 Å². The maximum absolute atomic E-state index is 9.95. The van der Waals surface area contributed by atoms with Crippen LogP contribution in [0.4, 0.5) is 4.79 Å². The summed E-state index contributed by atoms with van der Waals surface area (Å²) in [5.74, 6) is 0.759. The molecule has 2 fully saturated rings. The van der Waals surface area contributed by atoms with Crippen LogP contribution in [0.2, 0.25) is 0 Å². The number of aromatic nitrogens is 1. The molecule has 0 aromatic carbocycles. The second-order valence-electron chi connectivity index (χ2n) is 4.93. The minimum atomic E-state index is -0.724. The number of ether oxygens (including phenoxy) is 2. The summed E-state index contributed by atoms with van der Waals surface area (Å²) < 4.78 is 10.4. The van der Waals surface area contributed by atoms with Crippen molar-refractivity contribution in [3.05, 3.63) is 15.0 Å². The van der Waals surface area contributed by atoms with Gasteiger partial charge in [-0.3, -0.25) is 0 Å². The fourth-order valence-electron chi connectivity index (χ4n) is 2.25. The van der Waals surface area contributed by atoms with E-state index in [0.717, 1.165) is 5.92 Å². The smallest absolute Gasteiger partial charge is 0.404 e. The normalized spacial score (nSPS) is 19.6. The minimum Gasteiger partial charge on any atom is -0.441 e. The van der Waals surface area contributed by atoms with Crippen LogP contribution in [0, 0.1) is 0 Å². The lowest BCUT2D eigenvalue weighted by Gasteiger charge is -2.24. The third-order valence-electron chi connectivity index (χ3n) is 3.34. The molecule has 1 aromatic rings. The van der Waals surface area contributed by atoms with Crippen LogP contribution in [0.15, 0.2) is 9.98 Å². The maximum atomic E-state index is 9.95. The number of primary amides is 1. The summed E-state index contributed by atoms with van der Waals surface area (Å²) in [6.07, 6.45) is 8.01. The standard InChI is InChI=1S/C9H12BrNS.C4H7NO3/c10-8-6-11-9(12-8)7-4-2-1-3-5-7;5-4(6)8-3-1-7-2-3/h6-7H,1-5H2;3H,1-2H2,(H2,5,6). The number of hydrogen-bond donors (Lipinski definition) is 1. The summed E-state index contributed by atoms with van der Waals surface area (Å²) >= 11 is 5.25. The number of thiazole rings is 1. The second kappa shape index (κ2) is 7.95. The van der Waals surface area contributed by atoms with Crippen LogP contribution in [0.3, 0.4) is 0 Å². The molecule has 20 heavy (non-hydrogen) atoms. The van der Waals surface area contributed by atoms with Crippen molar-refractivity contribution in [1.29, 1.82) is 0 Å². The van der Waals surface area contributed by atoms with Crippen LogP contribution >= 0.6 is 27.3 Å². The predicted molar refractivity (Wildman–Crippen MR) is 80.9 cm³/mol. The van der Waals surface area contributed by atoms with Crippen molar-refractivity contribution in [2.75, 3.05) is 13.2 Å². The molecular formula is C13H19BrN2O3S. The summed E-state index contributed by atoms with van der Waals surface area (Å²) in [6, 6.07) is 0. The van der Waals surface area contributed by atoms with E-state index in [0.29, 0.717) is 13.2 Å². The van der Waals surface area contributed by atoms with Gasteiger partial charge >= 0.3 is 6.09 Å². The molecule has 0 unspecified atom stereocenters. The number of hydrogen-bond acceptors (Lipinski definition) is 5. The Morgan fingerprint density at radius 1 is 1.40 bits per heavy atom. The molecule has 112 valence electrons. The fraction of sp³-hybridized carbons (Fsp3) is 0.692. The number of carbonyl (C=O) groups is 1. The molecule has 3 rings (SSSR count). The lowest BCUT2D eigenvalue weighted by atomic mass is 9.90. The monoisotopic (exact) mass is 362 g/mol. The van der Waals surface area contributed by atoms with E-state index >= 15 is 0 Å². The van der Waals surface area contributed by atoms with E-state index in [-0.39, 0.29) is 6.10 Å². The molecular weight excluding hydrogens is 344 g/mol. The van der Waals surface area contributed by atoms with Gasteiger partial charge in [-0.2, -0.15) is 0 Å². The average molecular weight is 363 g/mol. The quantitative estimate of drug-likeness (QED) is 0.874. The van der Waals surface area contributed by atoms with Crippen molar-refractivity contribution in [3.8, 4) is 0 Å². The van der Waals surface area contributed by atoms with E-state index in [1.54, 1.807) is 11.3 Å². The zero-order valence-corrected chi connectivity index (χ0v) is 13.6. The van der Waals surface area contributed by atoms with Gasteiger partial charge in [-0.05, 0) is 28.8 Å². The molecule has 1 aliphatic heterocycles. The molecule has 1 aromatic heterocycles. The zero-order chi connectivity index (χ0) is 14.4. The number of amides is 1. The topological polar surface area (TPSA) is 74.4 Å². The summed E-state index contributed by atoms with van der Waals surface area (Å²) in [5.41, 5.74) is 4.69. The first-order valence-corrected chi connectivity index (χ1v) is 8.41. The molecule has 2 heterocycles. The molecule has 1 saturated carbocycles. The third kappa shape index (κ3) is 5.03. The molecule has 5 nitrogen and oxygen atoms in total. The Morgan fingerprint density at radius 3 is 2.50 bits per heavy atom. The minimum absolute atomic E-state index is 0.0903. The van der Waals surface area contributed by atoms with Crippen molar-refractivity contribution in [2.45, 2.75) is 44.1 Å². The van der Waals surface area contributed by atoms with Crippen LogP contribution in [0.25, 0.3) is 0 Å². The summed E-state index contributed by atoms with van der Waals surface area (Å²) in [5, 5.41) is 1.33. The van der Waals surface area contributed by atoms with E-state index in [2.05, 4.69) is 31.4 Å². The Labute approximate surface area is 131 Å². The summed E-state index contributed by atoms with van der Waals surface area (Å²) in [7, 11) is 0. The Bertz CT molecular complexity index is 431. The van der Waals surface area contributed by atoms with Crippen LogP contribution in [0.5, 0.6) is 0 Å². The molecule has 1 aliphatic carbocycles. The molecule has 0 radical (unpaired) electrons. The molecule has 1 amide bonds. The molecule has 0 atom stereocenters. The van der Waals surface area contributed by atoms with E-state index in [1.165, 1.54) is 40.9 Å². The highest BCUT2D eigenvalue weighted by Crippen LogP contribution is 2.35. The molecule has 1 saturated heterocycles. The van der Waals surface area contributed by atoms with E-state index in [9.17, 15) is 4.79 Å². The predicted octanol–water partition coefficient (Wildman–Crippen LogP) is 3.43. The Hall–Kier alpha value is -0.660. The highest BCUT2D eigenvalue weighted by atomic mass is 79.9. The van der Waals surface area contributed by atoms with Gasteiger partial charge in [0.05, 0.1) is 28.2 Å². The van der Waals surface area contributed by atoms with E-state index in [1.807, 2.05) is 6.20 Å². The van der Waals surface area contributed by atoms with Crippen LogP contribution in [-0.4, -0.2) is 30.4 Å². The summed E-state index contributed by atoms with van der Waals surface area (Å²) in [4.78, 5) is 14.4. The lowest BCUT2D eigenvalue weighted by molar-refractivity contribution is -0.0961. The number of rotatable bonds is 2. The third-order valence-corrected chi connectivity index (χ3v) is 4.98. The van der Waals surface area contributed by atoms with Gasteiger partial charge in [0.1, 0.15) is 0 Å².